The van der Waals surface area contributed by atoms with Crippen LogP contribution in [0.2, 0.25) is 5.15 Å². The highest BCUT2D eigenvalue weighted by molar-refractivity contribution is 6.29. The molecule has 0 spiro atoms. The molecule has 1 aliphatic heterocycles. The third-order valence-corrected chi connectivity index (χ3v) is 4.82. The number of rotatable bonds is 5. The lowest BCUT2D eigenvalue weighted by molar-refractivity contribution is 0.0701. The fourth-order valence-corrected chi connectivity index (χ4v) is 3.15. The van der Waals surface area contributed by atoms with Gasteiger partial charge < -0.3 is 14.4 Å². The van der Waals surface area contributed by atoms with E-state index in [0.29, 0.717) is 16.9 Å². The molecule has 0 bridgehead atoms. The lowest BCUT2D eigenvalue weighted by Crippen LogP contribution is -2.35. The second-order valence-electron chi connectivity index (χ2n) is 6.82. The monoisotopic (exact) mass is 411 g/mol. The fourth-order valence-electron chi connectivity index (χ4n) is 2.99. The number of morpholine rings is 1. The maximum absolute atomic E-state index is 6.00. The molecule has 1 fully saturated rings. The smallest absolute Gasteiger partial charge is 0.238 e. The summed E-state index contributed by atoms with van der Waals surface area (Å²) in [7, 11) is 0. The Morgan fingerprint density at radius 1 is 1.14 bits per heavy atom. The van der Waals surface area contributed by atoms with Gasteiger partial charge in [-0.1, -0.05) is 17.7 Å². The van der Waals surface area contributed by atoms with Gasteiger partial charge in [-0.2, -0.15) is 0 Å². The molecule has 0 radical (unpaired) electrons. The Hall–Kier alpha value is -2.90. The van der Waals surface area contributed by atoms with Gasteiger partial charge in [-0.05, 0) is 49.2 Å². The van der Waals surface area contributed by atoms with Gasteiger partial charge in [0.15, 0.2) is 5.82 Å². The van der Waals surface area contributed by atoms with Gasteiger partial charge in [0.05, 0.1) is 25.2 Å². The third-order valence-electron chi connectivity index (χ3n) is 4.61. The van der Waals surface area contributed by atoms with Crippen molar-refractivity contribution in [2.45, 2.75) is 13.8 Å². The summed E-state index contributed by atoms with van der Waals surface area (Å²) in [5.41, 5.74) is 2.95. The molecule has 0 atom stereocenters. The molecule has 0 unspecified atom stereocenters. The molecule has 29 heavy (non-hydrogen) atoms. The summed E-state index contributed by atoms with van der Waals surface area (Å²) in [5, 5.41) is 4.85. The van der Waals surface area contributed by atoms with Crippen LogP contribution in [0.15, 0.2) is 47.6 Å². The Balaban J connectivity index is 1.49. The molecule has 0 saturated carbocycles. The zero-order valence-corrected chi connectivity index (χ0v) is 17.1. The number of aryl methyl sites for hydroxylation is 2. The van der Waals surface area contributed by atoms with Crippen LogP contribution in [0.3, 0.4) is 0 Å². The van der Waals surface area contributed by atoms with E-state index in [2.05, 4.69) is 20.0 Å². The van der Waals surface area contributed by atoms with Gasteiger partial charge in [0, 0.05) is 25.4 Å². The van der Waals surface area contributed by atoms with Crippen LogP contribution < -0.4 is 4.74 Å². The Bertz CT molecular complexity index is 1030. The normalized spacial score (nSPS) is 14.5. The van der Waals surface area contributed by atoms with Gasteiger partial charge in [0.2, 0.25) is 5.88 Å². The van der Waals surface area contributed by atoms with Crippen LogP contribution in [0.25, 0.3) is 5.82 Å². The fraction of sp³-hybridized carbons (Fsp3) is 0.286. The van der Waals surface area contributed by atoms with Crippen LogP contribution in [-0.4, -0.2) is 52.3 Å². The maximum Gasteiger partial charge on any atom is 0.238 e. The molecule has 0 amide bonds. The van der Waals surface area contributed by atoms with Crippen molar-refractivity contribution in [2.24, 2.45) is 4.99 Å². The molecule has 3 aromatic rings. The van der Waals surface area contributed by atoms with Crippen molar-refractivity contribution >= 4 is 23.6 Å². The van der Waals surface area contributed by atoms with Crippen LogP contribution >= 0.6 is 11.6 Å². The summed E-state index contributed by atoms with van der Waals surface area (Å²) in [6, 6.07) is 11.2. The molecule has 7 nitrogen and oxygen atoms in total. The number of benzene rings is 1. The van der Waals surface area contributed by atoms with Crippen molar-refractivity contribution < 1.29 is 9.47 Å². The van der Waals surface area contributed by atoms with Gasteiger partial charge in [-0.15, -0.1) is 5.10 Å². The predicted octanol–water partition coefficient (Wildman–Crippen LogP) is 4.32. The highest BCUT2D eigenvalue weighted by Crippen LogP contribution is 2.31. The SMILES string of the molecule is Cc1cc(Oc2ccn(-c3cccc(Cl)n3)n2)c(C)cc1N=CN1CCOCC1. The standard InChI is InChI=1S/C21H22ClN5O2/c1-15-13-18(16(2)12-17(15)23-14-26-8-10-28-11-9-26)29-21-6-7-27(25-21)20-5-3-4-19(22)24-20/h3-7,12-14H,8-11H2,1-2H3. The van der Waals surface area contributed by atoms with Crippen LogP contribution in [0.1, 0.15) is 11.1 Å². The van der Waals surface area contributed by atoms with E-state index >= 15 is 0 Å². The van der Waals surface area contributed by atoms with Gasteiger partial charge in [-0.25, -0.2) is 14.7 Å². The quantitative estimate of drug-likeness (QED) is 0.355. The third kappa shape index (κ3) is 4.75. The molecule has 0 aliphatic carbocycles. The summed E-state index contributed by atoms with van der Waals surface area (Å²) >= 11 is 5.96. The topological polar surface area (TPSA) is 64.8 Å². The van der Waals surface area contributed by atoms with Crippen LogP contribution in [0, 0.1) is 13.8 Å². The second-order valence-corrected chi connectivity index (χ2v) is 7.20. The molecular weight excluding hydrogens is 390 g/mol. The number of hydrogen-bond acceptors (Lipinski definition) is 5. The number of aromatic nitrogens is 3. The number of halogens is 1. The van der Waals surface area contributed by atoms with Gasteiger partial charge in [-0.3, -0.25) is 0 Å². The Morgan fingerprint density at radius 3 is 2.76 bits per heavy atom. The molecule has 3 heterocycles. The first-order valence-corrected chi connectivity index (χ1v) is 9.80. The molecule has 1 aromatic carbocycles. The summed E-state index contributed by atoms with van der Waals surface area (Å²) in [5.74, 6) is 1.86. The Labute approximate surface area is 174 Å². The zero-order chi connectivity index (χ0) is 20.2. The van der Waals surface area contributed by atoms with Crippen LogP contribution in [-0.2, 0) is 4.74 Å². The molecule has 8 heteroatoms. The average Bonchev–Trinajstić information content (AvgIpc) is 3.19. The van der Waals surface area contributed by atoms with Gasteiger partial charge >= 0.3 is 0 Å². The Morgan fingerprint density at radius 2 is 1.97 bits per heavy atom. The van der Waals surface area contributed by atoms with Crippen LogP contribution in [0.4, 0.5) is 5.69 Å². The van der Waals surface area contributed by atoms with Crippen molar-refractivity contribution in [3.63, 3.8) is 0 Å². The lowest BCUT2D eigenvalue weighted by Gasteiger charge is -2.24. The predicted molar refractivity (Wildman–Crippen MR) is 113 cm³/mol. The number of pyridine rings is 1. The van der Waals surface area contributed by atoms with E-state index < -0.39 is 0 Å². The van der Waals surface area contributed by atoms with Crippen molar-refractivity contribution in [1.29, 1.82) is 0 Å². The summed E-state index contributed by atoms with van der Waals surface area (Å²) in [6.07, 6.45) is 3.68. The van der Waals surface area contributed by atoms with Crippen molar-refractivity contribution in [3.8, 4) is 17.4 Å². The second kappa shape index (κ2) is 8.63. The molecule has 1 saturated heterocycles. The minimum atomic E-state index is 0.417. The van der Waals surface area contributed by atoms with E-state index in [9.17, 15) is 0 Å². The summed E-state index contributed by atoms with van der Waals surface area (Å²) < 4.78 is 13.0. The van der Waals surface area contributed by atoms with Crippen LogP contribution in [0.5, 0.6) is 11.6 Å². The molecule has 2 aromatic heterocycles. The maximum atomic E-state index is 6.00. The Kier molecular flexibility index (Phi) is 5.78. The highest BCUT2D eigenvalue weighted by Gasteiger charge is 2.10. The summed E-state index contributed by atoms with van der Waals surface area (Å²) in [4.78, 5) is 11.1. The van der Waals surface area contributed by atoms with E-state index in [-0.39, 0.29) is 0 Å². The van der Waals surface area contributed by atoms with Gasteiger partial charge in [0.25, 0.3) is 0 Å². The van der Waals surface area contributed by atoms with E-state index in [1.54, 1.807) is 23.0 Å². The highest BCUT2D eigenvalue weighted by atomic mass is 35.5. The largest absolute Gasteiger partial charge is 0.437 e. The molecule has 0 N–H and O–H groups in total. The first-order valence-electron chi connectivity index (χ1n) is 9.42. The van der Waals surface area contributed by atoms with Crippen molar-refractivity contribution in [1.82, 2.24) is 19.7 Å². The summed E-state index contributed by atoms with van der Waals surface area (Å²) in [6.45, 7) is 7.24. The van der Waals surface area contributed by atoms with E-state index in [1.807, 2.05) is 44.5 Å². The number of nitrogens with zero attached hydrogens (tertiary/aromatic N) is 5. The lowest BCUT2D eigenvalue weighted by atomic mass is 10.1. The van der Waals surface area contributed by atoms with Crippen molar-refractivity contribution in [3.05, 3.63) is 58.9 Å². The minimum Gasteiger partial charge on any atom is -0.437 e. The van der Waals surface area contributed by atoms with Crippen molar-refractivity contribution in [2.75, 3.05) is 26.3 Å². The average molecular weight is 412 g/mol. The number of aliphatic imine (C=N–C) groups is 1. The zero-order valence-electron chi connectivity index (χ0n) is 16.4. The molecule has 150 valence electrons. The molecule has 4 rings (SSSR count). The first kappa shape index (κ1) is 19.4. The number of hydrogen-bond donors (Lipinski definition) is 0. The van der Waals surface area contributed by atoms with E-state index in [0.717, 1.165) is 48.9 Å². The molecular formula is C21H22ClN5O2. The first-order chi connectivity index (χ1) is 14.1. The molecule has 1 aliphatic rings. The minimum absolute atomic E-state index is 0.417. The number of ether oxygens (including phenoxy) is 2. The van der Waals surface area contributed by atoms with Gasteiger partial charge in [0.1, 0.15) is 10.9 Å². The van der Waals surface area contributed by atoms with E-state index in [4.69, 9.17) is 21.1 Å². The van der Waals surface area contributed by atoms with E-state index in [1.165, 1.54) is 0 Å².